The molecular weight excluding hydrogens is 477 g/mol. The van der Waals surface area contributed by atoms with Gasteiger partial charge in [-0.25, -0.2) is 0 Å². The number of benzene rings is 2. The van der Waals surface area contributed by atoms with Crippen molar-refractivity contribution in [1.29, 1.82) is 0 Å². The van der Waals surface area contributed by atoms with Crippen LogP contribution in [0.15, 0.2) is 68.6 Å². The number of ketones is 1. The molecule has 136 valence electrons. The summed E-state index contributed by atoms with van der Waals surface area (Å²) in [4.78, 5) is 15.3. The van der Waals surface area contributed by atoms with E-state index >= 15 is 0 Å². The van der Waals surface area contributed by atoms with Gasteiger partial charge in [-0.2, -0.15) is 0 Å². The Hall–Kier alpha value is -1.20. The summed E-state index contributed by atoms with van der Waals surface area (Å²) in [5.74, 6) is 0.143. The second-order valence-electron chi connectivity index (χ2n) is 6.08. The predicted molar refractivity (Wildman–Crippen MR) is 119 cm³/mol. The first-order valence-corrected chi connectivity index (χ1v) is 9.83. The van der Waals surface area contributed by atoms with Crippen LogP contribution in [0.3, 0.4) is 0 Å². The highest BCUT2D eigenvalue weighted by Crippen LogP contribution is 2.23. The van der Waals surface area contributed by atoms with Crippen LogP contribution in [-0.2, 0) is 4.79 Å². The molecule has 1 fully saturated rings. The van der Waals surface area contributed by atoms with Crippen molar-refractivity contribution in [3.05, 3.63) is 79.7 Å². The number of hydrogen-bond acceptors (Lipinski definition) is 2. The molecule has 1 aliphatic rings. The molecule has 0 bridgehead atoms. The Morgan fingerprint density at radius 2 is 1.38 bits per heavy atom. The van der Waals surface area contributed by atoms with Crippen molar-refractivity contribution in [2.24, 2.45) is 0 Å². The standard InChI is InChI=1S/C21H19Br2NO.ClH/c1-2-24-13-17(9-15-5-3-7-19(22)11-15)21(25)18(14-24)10-16-6-4-8-20(23)12-16;/h3-12H,2,13-14H2,1H3;1H/b17-9-,18-10+;. The lowest BCUT2D eigenvalue weighted by molar-refractivity contribution is -0.113. The Balaban J connectivity index is 0.00000243. The maximum Gasteiger partial charge on any atom is 0.187 e. The van der Waals surface area contributed by atoms with Gasteiger partial charge < -0.3 is 0 Å². The number of piperidine rings is 1. The maximum absolute atomic E-state index is 13.0. The fourth-order valence-electron chi connectivity index (χ4n) is 2.93. The van der Waals surface area contributed by atoms with E-state index in [4.69, 9.17) is 0 Å². The second-order valence-corrected chi connectivity index (χ2v) is 7.91. The molecule has 1 aliphatic heterocycles. The molecule has 1 heterocycles. The van der Waals surface area contributed by atoms with E-state index in [0.717, 1.165) is 37.8 Å². The van der Waals surface area contributed by atoms with E-state index in [-0.39, 0.29) is 18.2 Å². The molecule has 0 saturated carbocycles. The highest BCUT2D eigenvalue weighted by Gasteiger charge is 2.25. The van der Waals surface area contributed by atoms with Crippen molar-refractivity contribution >= 4 is 62.2 Å². The van der Waals surface area contributed by atoms with Crippen molar-refractivity contribution in [3.63, 3.8) is 0 Å². The van der Waals surface area contributed by atoms with Gasteiger partial charge in [-0.1, -0.05) is 63.0 Å². The van der Waals surface area contributed by atoms with Crippen LogP contribution in [0.2, 0.25) is 0 Å². The van der Waals surface area contributed by atoms with E-state index in [1.165, 1.54) is 0 Å². The molecule has 3 rings (SSSR count). The van der Waals surface area contributed by atoms with E-state index in [1.54, 1.807) is 0 Å². The minimum Gasteiger partial charge on any atom is -0.295 e. The molecule has 5 heteroatoms. The van der Waals surface area contributed by atoms with Crippen LogP contribution in [0.1, 0.15) is 18.1 Å². The molecule has 0 aliphatic carbocycles. The zero-order valence-corrected chi connectivity index (χ0v) is 18.4. The number of Topliss-reactive ketones (excluding diaryl/α,β-unsaturated/α-hetero) is 1. The lowest BCUT2D eigenvalue weighted by Gasteiger charge is -2.28. The smallest absolute Gasteiger partial charge is 0.187 e. The molecule has 2 nitrogen and oxygen atoms in total. The molecule has 0 atom stereocenters. The topological polar surface area (TPSA) is 20.3 Å². The van der Waals surface area contributed by atoms with Crippen molar-refractivity contribution in [2.45, 2.75) is 6.92 Å². The molecular formula is C21H20Br2ClNO. The fraction of sp³-hybridized carbons (Fsp3) is 0.190. The van der Waals surface area contributed by atoms with E-state index in [1.807, 2.05) is 60.7 Å². The van der Waals surface area contributed by atoms with Crippen LogP contribution in [0.5, 0.6) is 0 Å². The molecule has 2 aromatic carbocycles. The Morgan fingerprint density at radius 3 is 1.77 bits per heavy atom. The third kappa shape index (κ3) is 5.40. The lowest BCUT2D eigenvalue weighted by Crippen LogP contribution is -2.37. The van der Waals surface area contributed by atoms with E-state index in [2.05, 4.69) is 43.7 Å². The third-order valence-corrected chi connectivity index (χ3v) is 5.18. The first kappa shape index (κ1) is 21.1. The number of rotatable bonds is 3. The van der Waals surface area contributed by atoms with Gasteiger partial charge in [0.2, 0.25) is 0 Å². The highest BCUT2D eigenvalue weighted by atomic mass is 79.9. The number of carbonyl (C=O) groups is 1. The average molecular weight is 498 g/mol. The molecule has 1 saturated heterocycles. The van der Waals surface area contributed by atoms with Gasteiger partial charge in [-0.15, -0.1) is 12.4 Å². The number of halogens is 3. The number of carbonyl (C=O) groups excluding carboxylic acids is 1. The number of likely N-dealkylation sites (N-methyl/N-ethyl adjacent to an activating group) is 1. The summed E-state index contributed by atoms with van der Waals surface area (Å²) < 4.78 is 2.03. The van der Waals surface area contributed by atoms with Gasteiger partial charge in [-0.3, -0.25) is 9.69 Å². The Morgan fingerprint density at radius 1 is 0.923 bits per heavy atom. The van der Waals surface area contributed by atoms with E-state index in [9.17, 15) is 4.79 Å². The minimum atomic E-state index is 0. The zero-order chi connectivity index (χ0) is 17.8. The minimum absolute atomic E-state index is 0. The summed E-state index contributed by atoms with van der Waals surface area (Å²) in [6, 6.07) is 16.1. The Kier molecular flexibility index (Phi) is 7.84. The van der Waals surface area contributed by atoms with Crippen LogP contribution < -0.4 is 0 Å². The van der Waals surface area contributed by atoms with Crippen LogP contribution in [0.4, 0.5) is 0 Å². The summed E-state index contributed by atoms with van der Waals surface area (Å²) in [5, 5.41) is 0. The molecule has 0 spiro atoms. The Bertz CT molecular complexity index is 793. The fourth-order valence-corrected chi connectivity index (χ4v) is 3.76. The lowest BCUT2D eigenvalue weighted by atomic mass is 9.94. The van der Waals surface area contributed by atoms with E-state index < -0.39 is 0 Å². The van der Waals surface area contributed by atoms with Crippen LogP contribution in [0.25, 0.3) is 12.2 Å². The van der Waals surface area contributed by atoms with Crippen LogP contribution >= 0.6 is 44.3 Å². The molecule has 0 radical (unpaired) electrons. The molecule has 0 N–H and O–H groups in total. The summed E-state index contributed by atoms with van der Waals surface area (Å²) in [6.07, 6.45) is 4.01. The summed E-state index contributed by atoms with van der Waals surface area (Å²) >= 11 is 6.98. The average Bonchev–Trinajstić information content (AvgIpc) is 2.58. The second kappa shape index (κ2) is 9.65. The first-order valence-electron chi connectivity index (χ1n) is 8.24. The van der Waals surface area contributed by atoms with Gasteiger partial charge >= 0.3 is 0 Å². The normalized spacial score (nSPS) is 18.2. The molecule has 2 aromatic rings. The molecule has 0 aromatic heterocycles. The predicted octanol–water partition coefficient (Wildman–Crippen LogP) is 6.01. The third-order valence-electron chi connectivity index (χ3n) is 4.20. The van der Waals surface area contributed by atoms with Crippen LogP contribution in [0, 0.1) is 0 Å². The summed E-state index contributed by atoms with van der Waals surface area (Å²) in [6.45, 7) is 4.43. The van der Waals surface area contributed by atoms with Gasteiger partial charge in [0.1, 0.15) is 0 Å². The highest BCUT2D eigenvalue weighted by molar-refractivity contribution is 9.10. The van der Waals surface area contributed by atoms with Gasteiger partial charge in [-0.05, 0) is 54.1 Å². The van der Waals surface area contributed by atoms with Crippen molar-refractivity contribution < 1.29 is 4.79 Å². The SMILES string of the molecule is CCN1C/C(=C/c2cccc(Br)c2)C(=O)/C(=C/c2cccc(Br)c2)C1.Cl. The zero-order valence-electron chi connectivity index (χ0n) is 14.4. The quantitative estimate of drug-likeness (QED) is 0.485. The van der Waals surface area contributed by atoms with Crippen molar-refractivity contribution in [2.75, 3.05) is 19.6 Å². The molecule has 0 unspecified atom stereocenters. The Labute approximate surface area is 177 Å². The monoisotopic (exact) mass is 495 g/mol. The van der Waals surface area contributed by atoms with Crippen molar-refractivity contribution in [3.8, 4) is 0 Å². The van der Waals surface area contributed by atoms with Crippen LogP contribution in [-0.4, -0.2) is 30.3 Å². The van der Waals surface area contributed by atoms with Gasteiger partial charge in [0, 0.05) is 33.2 Å². The first-order chi connectivity index (χ1) is 12.0. The van der Waals surface area contributed by atoms with Crippen molar-refractivity contribution in [1.82, 2.24) is 4.90 Å². The largest absolute Gasteiger partial charge is 0.295 e. The number of hydrogen-bond donors (Lipinski definition) is 0. The number of nitrogens with zero attached hydrogens (tertiary/aromatic N) is 1. The summed E-state index contributed by atoms with van der Waals surface area (Å²) in [5.41, 5.74) is 3.76. The maximum atomic E-state index is 13.0. The van der Waals surface area contributed by atoms with E-state index in [0.29, 0.717) is 13.1 Å². The van der Waals surface area contributed by atoms with Gasteiger partial charge in [0.25, 0.3) is 0 Å². The summed E-state index contributed by atoms with van der Waals surface area (Å²) in [7, 11) is 0. The molecule has 26 heavy (non-hydrogen) atoms. The number of likely N-dealkylation sites (tertiary alicyclic amines) is 1. The molecule has 0 amide bonds. The van der Waals surface area contributed by atoms with Gasteiger partial charge in [0.05, 0.1) is 0 Å². The van der Waals surface area contributed by atoms with Gasteiger partial charge in [0.15, 0.2) is 5.78 Å².